The summed E-state index contributed by atoms with van der Waals surface area (Å²) in [5.41, 5.74) is 8.59. The van der Waals surface area contributed by atoms with E-state index in [0.29, 0.717) is 5.92 Å². The number of allylic oxidation sites excluding steroid dienone is 7. The molecule has 0 saturated heterocycles. The molecule has 4 nitrogen and oxygen atoms in total. The lowest BCUT2D eigenvalue weighted by molar-refractivity contribution is -0.145. The first kappa shape index (κ1) is 53.3. The zero-order valence-corrected chi connectivity index (χ0v) is 36.9. The first-order valence-corrected chi connectivity index (χ1v) is 20.8. The van der Waals surface area contributed by atoms with Crippen LogP contribution in [-0.2, 0) is 17.3 Å². The molecular formula is C46H75ClF3N3O. The van der Waals surface area contributed by atoms with Gasteiger partial charge in [-0.2, -0.15) is 13.2 Å². The van der Waals surface area contributed by atoms with Crippen LogP contribution in [0, 0.1) is 19.8 Å². The number of benzene rings is 1. The number of nitrogens with zero attached hydrogens (tertiary/aromatic N) is 3. The van der Waals surface area contributed by atoms with E-state index in [1.54, 1.807) is 0 Å². The number of rotatable bonds is 19. The first-order valence-electron chi connectivity index (χ1n) is 20.4. The van der Waals surface area contributed by atoms with Gasteiger partial charge in [0, 0.05) is 24.2 Å². The smallest absolute Gasteiger partial charge is 0.381 e. The van der Waals surface area contributed by atoms with Crippen LogP contribution in [0.3, 0.4) is 0 Å². The summed E-state index contributed by atoms with van der Waals surface area (Å²) in [4.78, 5) is 9.94. The molecule has 308 valence electrons. The molecule has 1 atom stereocenters. The molecule has 0 fully saturated rings. The van der Waals surface area contributed by atoms with E-state index in [1.807, 2.05) is 0 Å². The van der Waals surface area contributed by atoms with Crippen LogP contribution in [0.2, 0.25) is 5.02 Å². The van der Waals surface area contributed by atoms with E-state index in [-0.39, 0.29) is 11.6 Å². The maximum atomic E-state index is 12.0. The zero-order chi connectivity index (χ0) is 41.5. The van der Waals surface area contributed by atoms with Gasteiger partial charge in [0.25, 0.3) is 0 Å². The molecule has 1 heterocycles. The summed E-state index contributed by atoms with van der Waals surface area (Å²) in [7, 11) is 0. The molecule has 2 aromatic rings. The minimum Gasteiger partial charge on any atom is -0.381 e. The number of hydrogen-bond acceptors (Lipinski definition) is 4. The summed E-state index contributed by atoms with van der Waals surface area (Å²) in [5.74, 6) is -0.549. The topological polar surface area (TPSA) is 47.9 Å². The molecule has 0 aliphatic heterocycles. The first-order chi connectivity index (χ1) is 25.6. The van der Waals surface area contributed by atoms with Crippen molar-refractivity contribution in [3.05, 3.63) is 93.3 Å². The second-order valence-corrected chi connectivity index (χ2v) is 14.2. The molecule has 54 heavy (non-hydrogen) atoms. The van der Waals surface area contributed by atoms with Crippen molar-refractivity contribution in [2.24, 2.45) is 5.92 Å². The Morgan fingerprint density at radius 1 is 0.833 bits per heavy atom. The summed E-state index contributed by atoms with van der Waals surface area (Å²) < 4.78 is 41.1. The van der Waals surface area contributed by atoms with Crippen molar-refractivity contribution in [3.8, 4) is 0 Å². The third-order valence-electron chi connectivity index (χ3n) is 8.27. The second kappa shape index (κ2) is 32.5. The second-order valence-electron chi connectivity index (χ2n) is 13.8. The molecule has 0 aliphatic carbocycles. The summed E-state index contributed by atoms with van der Waals surface area (Å²) in [6, 6.07) is 6.50. The molecular weight excluding hydrogens is 703 g/mol. The highest BCUT2D eigenvalue weighted by molar-refractivity contribution is 6.30. The fourth-order valence-electron chi connectivity index (χ4n) is 5.44. The number of aryl methyl sites for hydroxylation is 3. The van der Waals surface area contributed by atoms with Gasteiger partial charge < -0.3 is 4.74 Å². The van der Waals surface area contributed by atoms with Crippen molar-refractivity contribution in [2.75, 3.05) is 13.2 Å². The predicted octanol–water partition coefficient (Wildman–Crippen LogP) is 15.7. The van der Waals surface area contributed by atoms with Crippen LogP contribution in [0.1, 0.15) is 175 Å². The quantitative estimate of drug-likeness (QED) is 0.0810. The lowest BCUT2D eigenvalue weighted by atomic mass is 9.83. The molecule has 0 aliphatic rings. The van der Waals surface area contributed by atoms with Crippen molar-refractivity contribution in [3.63, 3.8) is 0 Å². The Balaban J connectivity index is 0. The van der Waals surface area contributed by atoms with E-state index in [0.717, 1.165) is 63.2 Å². The maximum Gasteiger partial charge on any atom is 0.451 e. The number of hydrogen-bond donors (Lipinski definition) is 0. The van der Waals surface area contributed by atoms with Crippen LogP contribution in [-0.4, -0.2) is 28.2 Å². The molecule has 0 bridgehead atoms. The highest BCUT2D eigenvalue weighted by atomic mass is 35.5. The molecule has 0 N–H and O–H groups in total. The Hall–Kier alpha value is -2.77. The van der Waals surface area contributed by atoms with Gasteiger partial charge in [-0.3, -0.25) is 0 Å². The normalized spacial score (nSPS) is 12.5. The van der Waals surface area contributed by atoms with Gasteiger partial charge in [0.05, 0.1) is 0 Å². The van der Waals surface area contributed by atoms with E-state index in [9.17, 15) is 13.2 Å². The van der Waals surface area contributed by atoms with Gasteiger partial charge in [-0.1, -0.05) is 135 Å². The predicted molar refractivity (Wildman–Crippen MR) is 229 cm³/mol. The molecule has 8 heteroatoms. The maximum absolute atomic E-state index is 12.0. The minimum atomic E-state index is -4.49. The van der Waals surface area contributed by atoms with E-state index >= 15 is 0 Å². The van der Waals surface area contributed by atoms with Gasteiger partial charge in [0.1, 0.15) is 11.6 Å². The van der Waals surface area contributed by atoms with E-state index in [2.05, 4.69) is 127 Å². The average molecular weight is 779 g/mol. The van der Waals surface area contributed by atoms with E-state index in [1.165, 1.54) is 85.8 Å². The lowest BCUT2D eigenvalue weighted by Gasteiger charge is -2.22. The lowest BCUT2D eigenvalue weighted by Crippen LogP contribution is -2.13. The highest BCUT2D eigenvalue weighted by Crippen LogP contribution is 2.36. The summed E-state index contributed by atoms with van der Waals surface area (Å²) >= 11 is 6.46. The fraction of sp³-hybridized carbons (Fsp3) is 0.630. The fourth-order valence-corrected chi connectivity index (χ4v) is 5.61. The Labute approximate surface area is 334 Å². The van der Waals surface area contributed by atoms with Gasteiger partial charge in [0.15, 0.2) is 0 Å². The van der Waals surface area contributed by atoms with Crippen LogP contribution in [0.5, 0.6) is 0 Å². The third kappa shape index (κ3) is 25.3. The van der Waals surface area contributed by atoms with Crippen molar-refractivity contribution in [1.82, 2.24) is 15.0 Å². The highest BCUT2D eigenvalue weighted by Gasteiger charge is 2.35. The van der Waals surface area contributed by atoms with Crippen molar-refractivity contribution >= 4 is 17.2 Å². The average Bonchev–Trinajstić information content (AvgIpc) is 3.11. The number of ether oxygens (including phenoxy) is 1. The van der Waals surface area contributed by atoms with Gasteiger partial charge in [0.2, 0.25) is 5.82 Å². The molecule has 0 amide bonds. The van der Waals surface area contributed by atoms with Crippen LogP contribution >= 0.6 is 11.6 Å². The monoisotopic (exact) mass is 778 g/mol. The summed E-state index contributed by atoms with van der Waals surface area (Å²) in [5, 5.41) is 0.848. The Bertz CT molecular complexity index is 1360. The minimum absolute atomic E-state index is 0.0785. The van der Waals surface area contributed by atoms with Crippen LogP contribution in [0.15, 0.2) is 59.7 Å². The molecule has 0 unspecified atom stereocenters. The number of aromatic nitrogens is 3. The SMILES string of the molecule is C=C(C)CCC.CC/C=C\C(=C/CCC)[C@H](C)/C(C)=C(\CCCCC)c1cc(Cl)ccc1CCC.CCCOCCC.Cc1nc(C)nc(C(F)(F)F)n1. The number of unbranched alkanes of at least 4 members (excludes halogenated alkanes) is 3. The standard InChI is InChI=1S/C28H43Cl.C6H6F3N3.C6H14O.C6H12/c1-7-11-14-18-27(28-21-26(29)20-19-25(28)15-10-4)23(6)22(5)24(16-12-8-2)17-13-9-3;1-3-10-4(2)12-5(11-3)6(7,8)9;1-3-5-7-6-4-2;1-4-5-6(2)3/h12,16-17,19-22H,7-11,13-15,18H2,1-6H3;1-2H3;3-6H2,1-2H3;2,4-5H2,1,3H3/b16-12-,24-17+,27-23+;;;/t22-;;;/m1.../s1. The van der Waals surface area contributed by atoms with Gasteiger partial charge >= 0.3 is 6.18 Å². The van der Waals surface area contributed by atoms with Gasteiger partial charge in [-0.05, 0) is 113 Å². The van der Waals surface area contributed by atoms with Gasteiger partial charge in [-0.15, -0.1) is 6.58 Å². The Kier molecular flexibility index (Phi) is 32.1. The van der Waals surface area contributed by atoms with Crippen LogP contribution in [0.25, 0.3) is 5.57 Å². The molecule has 0 saturated carbocycles. The van der Waals surface area contributed by atoms with Crippen molar-refractivity contribution in [1.29, 1.82) is 0 Å². The summed E-state index contributed by atoms with van der Waals surface area (Å²) in [6.45, 7) is 30.6. The zero-order valence-electron chi connectivity index (χ0n) is 36.1. The van der Waals surface area contributed by atoms with E-state index < -0.39 is 12.0 Å². The molecule has 0 radical (unpaired) electrons. The molecule has 2 rings (SSSR count). The van der Waals surface area contributed by atoms with E-state index in [4.69, 9.17) is 16.3 Å². The molecule has 1 aromatic carbocycles. The van der Waals surface area contributed by atoms with Gasteiger partial charge in [-0.25, -0.2) is 15.0 Å². The Morgan fingerprint density at radius 3 is 1.89 bits per heavy atom. The van der Waals surface area contributed by atoms with Crippen LogP contribution in [0.4, 0.5) is 13.2 Å². The molecule has 1 aromatic heterocycles. The van der Waals surface area contributed by atoms with Crippen molar-refractivity contribution < 1.29 is 17.9 Å². The largest absolute Gasteiger partial charge is 0.451 e. The number of alkyl halides is 3. The Morgan fingerprint density at radius 2 is 1.44 bits per heavy atom. The number of halogens is 4. The van der Waals surface area contributed by atoms with Crippen LogP contribution < -0.4 is 0 Å². The third-order valence-corrected chi connectivity index (χ3v) is 8.51. The molecule has 0 spiro atoms. The summed E-state index contributed by atoms with van der Waals surface area (Å²) in [6.07, 6.45) is 17.9. The van der Waals surface area contributed by atoms with Crippen molar-refractivity contribution in [2.45, 2.75) is 173 Å².